The van der Waals surface area contributed by atoms with Crippen LogP contribution in [0.3, 0.4) is 0 Å². The van der Waals surface area contributed by atoms with Crippen molar-refractivity contribution in [3.05, 3.63) is 42.0 Å². The molecular weight excluding hydrogens is 314 g/mol. The Morgan fingerprint density at radius 1 is 1.32 bits per heavy atom. The number of amides is 2. The number of nitrogens with one attached hydrogen (secondary N) is 1. The van der Waals surface area contributed by atoms with Gasteiger partial charge in [-0.3, -0.25) is 19.4 Å². The van der Waals surface area contributed by atoms with E-state index in [1.165, 1.54) is 24.2 Å². The van der Waals surface area contributed by atoms with E-state index in [-0.39, 0.29) is 18.4 Å². The first-order valence-electron chi connectivity index (χ1n) is 9.11. The monoisotopic (exact) mass is 341 g/mol. The van der Waals surface area contributed by atoms with Crippen molar-refractivity contribution in [2.45, 2.75) is 45.2 Å². The van der Waals surface area contributed by atoms with Crippen molar-refractivity contribution in [3.8, 4) is 0 Å². The summed E-state index contributed by atoms with van der Waals surface area (Å²) in [5.74, 6) is -0.285. The molecule has 134 valence electrons. The largest absolute Gasteiger partial charge is 0.353 e. The molecule has 0 aliphatic carbocycles. The topological polar surface area (TPSA) is 52.7 Å². The van der Waals surface area contributed by atoms with Crippen molar-refractivity contribution in [1.29, 1.82) is 0 Å². The highest BCUT2D eigenvalue weighted by Gasteiger charge is 2.32. The molecule has 0 unspecified atom stereocenters. The summed E-state index contributed by atoms with van der Waals surface area (Å²) in [6.45, 7) is 10.1. The first kappa shape index (κ1) is 17.7. The summed E-state index contributed by atoms with van der Waals surface area (Å²) >= 11 is 0. The number of carbonyl (C=O) groups excluding carboxylic acids is 2. The molecule has 2 amide bonds. The zero-order valence-corrected chi connectivity index (χ0v) is 15.1. The van der Waals surface area contributed by atoms with E-state index < -0.39 is 0 Å². The second kappa shape index (κ2) is 7.40. The van der Waals surface area contributed by atoms with Gasteiger partial charge in [-0.05, 0) is 39.3 Å². The second-order valence-electron chi connectivity index (χ2n) is 7.12. The van der Waals surface area contributed by atoms with Gasteiger partial charge >= 0.3 is 0 Å². The van der Waals surface area contributed by atoms with Gasteiger partial charge in [-0.15, -0.1) is 0 Å². The van der Waals surface area contributed by atoms with Crippen molar-refractivity contribution in [2.24, 2.45) is 0 Å². The predicted molar refractivity (Wildman–Crippen MR) is 99.0 cm³/mol. The van der Waals surface area contributed by atoms with Gasteiger partial charge in [-0.1, -0.05) is 31.2 Å². The number of nitrogens with zero attached hydrogens (tertiary/aromatic N) is 2. The molecule has 0 saturated carbocycles. The SMILES string of the molecule is C=C1c2ccccc2C(=O)N1CC(=O)NC[C@@H](C)N1CCCC[C@@H]1C. The molecule has 0 aromatic heterocycles. The van der Waals surface area contributed by atoms with Crippen LogP contribution in [0.4, 0.5) is 0 Å². The fourth-order valence-electron chi connectivity index (χ4n) is 3.86. The Hall–Kier alpha value is -2.14. The average molecular weight is 341 g/mol. The maximum atomic E-state index is 12.4. The summed E-state index contributed by atoms with van der Waals surface area (Å²) in [4.78, 5) is 28.7. The number of hydrogen-bond acceptors (Lipinski definition) is 3. The molecule has 2 atom stereocenters. The predicted octanol–water partition coefficient (Wildman–Crippen LogP) is 2.49. The van der Waals surface area contributed by atoms with Gasteiger partial charge < -0.3 is 5.32 Å². The van der Waals surface area contributed by atoms with Crippen LogP contribution in [0.5, 0.6) is 0 Å². The summed E-state index contributed by atoms with van der Waals surface area (Å²) in [6, 6.07) is 8.22. The van der Waals surface area contributed by atoms with Crippen LogP contribution in [0.15, 0.2) is 30.8 Å². The van der Waals surface area contributed by atoms with Gasteiger partial charge in [0.25, 0.3) is 5.91 Å². The molecule has 1 N–H and O–H groups in total. The zero-order chi connectivity index (χ0) is 18.0. The Labute approximate surface area is 149 Å². The number of carbonyl (C=O) groups is 2. The lowest BCUT2D eigenvalue weighted by molar-refractivity contribution is -0.121. The van der Waals surface area contributed by atoms with Gasteiger partial charge in [0.15, 0.2) is 0 Å². The Kier molecular flexibility index (Phi) is 5.23. The van der Waals surface area contributed by atoms with Crippen LogP contribution in [-0.2, 0) is 4.79 Å². The molecule has 3 rings (SSSR count). The molecule has 2 heterocycles. The van der Waals surface area contributed by atoms with Crippen molar-refractivity contribution < 1.29 is 9.59 Å². The van der Waals surface area contributed by atoms with Crippen molar-refractivity contribution in [2.75, 3.05) is 19.6 Å². The summed E-state index contributed by atoms with van der Waals surface area (Å²) in [5, 5.41) is 2.98. The third-order valence-electron chi connectivity index (χ3n) is 5.36. The van der Waals surface area contributed by atoms with Gasteiger partial charge in [0.2, 0.25) is 5.91 Å². The number of rotatable bonds is 5. The summed E-state index contributed by atoms with van der Waals surface area (Å²) in [7, 11) is 0. The van der Waals surface area contributed by atoms with E-state index in [1.807, 2.05) is 18.2 Å². The number of likely N-dealkylation sites (tertiary alicyclic amines) is 1. The highest BCUT2D eigenvalue weighted by molar-refractivity contribution is 6.10. The molecule has 1 aromatic carbocycles. The first-order chi connectivity index (χ1) is 12.0. The third kappa shape index (κ3) is 3.61. The highest BCUT2D eigenvalue weighted by atomic mass is 16.2. The van der Waals surface area contributed by atoms with Crippen LogP contribution in [0.25, 0.3) is 5.70 Å². The first-order valence-corrected chi connectivity index (χ1v) is 9.11. The molecule has 1 fully saturated rings. The minimum Gasteiger partial charge on any atom is -0.353 e. The standard InChI is InChI=1S/C20H27N3O2/c1-14-8-6-7-11-22(14)15(2)12-21-19(24)13-23-16(3)17-9-4-5-10-18(17)20(23)25/h4-5,9-10,14-15H,3,6-8,11-13H2,1-2H3,(H,21,24)/t14-,15+/m0/s1. The molecule has 2 aliphatic heterocycles. The maximum Gasteiger partial charge on any atom is 0.259 e. The maximum absolute atomic E-state index is 12.4. The molecule has 0 spiro atoms. The van der Waals surface area contributed by atoms with E-state index in [0.29, 0.717) is 29.9 Å². The number of piperidine rings is 1. The van der Waals surface area contributed by atoms with E-state index >= 15 is 0 Å². The van der Waals surface area contributed by atoms with Gasteiger partial charge in [0, 0.05) is 35.5 Å². The Morgan fingerprint density at radius 2 is 2.04 bits per heavy atom. The van der Waals surface area contributed by atoms with Gasteiger partial charge in [-0.25, -0.2) is 0 Å². The summed E-state index contributed by atoms with van der Waals surface area (Å²) in [5.41, 5.74) is 2.04. The summed E-state index contributed by atoms with van der Waals surface area (Å²) < 4.78 is 0. The molecule has 0 radical (unpaired) electrons. The van der Waals surface area contributed by atoms with Crippen LogP contribution in [-0.4, -0.2) is 53.3 Å². The molecule has 5 nitrogen and oxygen atoms in total. The average Bonchev–Trinajstić information content (AvgIpc) is 2.85. The Bertz CT molecular complexity index is 650. The molecule has 2 aliphatic rings. The highest BCUT2D eigenvalue weighted by Crippen LogP contribution is 2.30. The third-order valence-corrected chi connectivity index (χ3v) is 5.36. The van der Waals surface area contributed by atoms with E-state index in [2.05, 4.69) is 30.6 Å². The Morgan fingerprint density at radius 3 is 2.72 bits per heavy atom. The van der Waals surface area contributed by atoms with E-state index in [1.54, 1.807) is 6.07 Å². The normalized spacial score (nSPS) is 22.0. The zero-order valence-electron chi connectivity index (χ0n) is 15.1. The molecule has 5 heteroatoms. The van der Waals surface area contributed by atoms with Crippen molar-refractivity contribution in [3.63, 3.8) is 0 Å². The van der Waals surface area contributed by atoms with Crippen molar-refractivity contribution in [1.82, 2.24) is 15.1 Å². The second-order valence-corrected chi connectivity index (χ2v) is 7.12. The fourth-order valence-corrected chi connectivity index (χ4v) is 3.86. The molecule has 1 saturated heterocycles. The Balaban J connectivity index is 1.53. The molecule has 0 bridgehead atoms. The van der Waals surface area contributed by atoms with Gasteiger partial charge in [0.05, 0.1) is 0 Å². The molecule has 1 aromatic rings. The van der Waals surface area contributed by atoms with E-state index in [0.717, 1.165) is 12.1 Å². The van der Waals surface area contributed by atoms with Crippen molar-refractivity contribution >= 4 is 17.5 Å². The van der Waals surface area contributed by atoms with Gasteiger partial charge in [0.1, 0.15) is 6.54 Å². The van der Waals surface area contributed by atoms with Gasteiger partial charge in [-0.2, -0.15) is 0 Å². The van der Waals surface area contributed by atoms with Crippen LogP contribution < -0.4 is 5.32 Å². The lowest BCUT2D eigenvalue weighted by Crippen LogP contribution is -2.49. The lowest BCUT2D eigenvalue weighted by Gasteiger charge is -2.38. The number of hydrogen-bond donors (Lipinski definition) is 1. The van der Waals surface area contributed by atoms with Crippen LogP contribution in [0.2, 0.25) is 0 Å². The quantitative estimate of drug-likeness (QED) is 0.895. The molecule has 25 heavy (non-hydrogen) atoms. The minimum atomic E-state index is -0.145. The number of benzene rings is 1. The van der Waals surface area contributed by atoms with E-state index in [9.17, 15) is 9.59 Å². The van der Waals surface area contributed by atoms with Crippen LogP contribution in [0.1, 0.15) is 49.0 Å². The lowest BCUT2D eigenvalue weighted by atomic mass is 10.0. The van der Waals surface area contributed by atoms with E-state index in [4.69, 9.17) is 0 Å². The van der Waals surface area contributed by atoms with Crippen LogP contribution >= 0.6 is 0 Å². The van der Waals surface area contributed by atoms with Crippen LogP contribution in [0, 0.1) is 0 Å². The molecular formula is C20H27N3O2. The minimum absolute atomic E-state index is 0.0224. The fraction of sp³-hybridized carbons (Fsp3) is 0.500. The number of fused-ring (bicyclic) bond motifs is 1. The smallest absolute Gasteiger partial charge is 0.259 e. The summed E-state index contributed by atoms with van der Waals surface area (Å²) in [6.07, 6.45) is 3.73.